The van der Waals surface area contributed by atoms with Crippen LogP contribution in [-0.2, 0) is 9.53 Å². The molecule has 108 valence electrons. The van der Waals surface area contributed by atoms with Crippen molar-refractivity contribution in [2.24, 2.45) is 0 Å². The number of H-pyrrole nitrogens is 1. The Morgan fingerprint density at radius 3 is 2.65 bits per heavy atom. The molecule has 1 fully saturated rings. The number of aromatic nitrogens is 1. The van der Waals surface area contributed by atoms with E-state index in [1.165, 1.54) is 11.0 Å². The van der Waals surface area contributed by atoms with Gasteiger partial charge in [0.05, 0.1) is 6.61 Å². The van der Waals surface area contributed by atoms with Crippen molar-refractivity contribution < 1.29 is 14.3 Å². The zero-order valence-electron chi connectivity index (χ0n) is 11.6. The van der Waals surface area contributed by atoms with E-state index in [-0.39, 0.29) is 24.8 Å². The van der Waals surface area contributed by atoms with Crippen molar-refractivity contribution in [3.63, 3.8) is 0 Å². The molecule has 1 aromatic heterocycles. The molecule has 0 saturated heterocycles. The predicted molar refractivity (Wildman–Crippen MR) is 72.5 cm³/mol. The Hall–Kier alpha value is -2.11. The van der Waals surface area contributed by atoms with Crippen LogP contribution in [0.5, 0.6) is 0 Å². The second kappa shape index (κ2) is 5.90. The fourth-order valence-corrected chi connectivity index (χ4v) is 1.99. The van der Waals surface area contributed by atoms with Gasteiger partial charge in [0.1, 0.15) is 12.1 Å². The minimum atomic E-state index is -0.448. The van der Waals surface area contributed by atoms with E-state index in [1.54, 1.807) is 19.9 Å². The molecule has 1 amide bonds. The molecule has 0 spiro atoms. The molecule has 6 nitrogen and oxygen atoms in total. The van der Waals surface area contributed by atoms with E-state index in [4.69, 9.17) is 4.74 Å². The van der Waals surface area contributed by atoms with Gasteiger partial charge in [-0.05, 0) is 38.8 Å². The first kappa shape index (κ1) is 14.3. The fraction of sp³-hybridized carbons (Fsp3) is 0.500. The molecule has 1 aliphatic rings. The summed E-state index contributed by atoms with van der Waals surface area (Å²) in [6.45, 7) is 3.63. The molecule has 1 heterocycles. The molecule has 20 heavy (non-hydrogen) atoms. The van der Waals surface area contributed by atoms with Crippen LogP contribution in [-0.4, -0.2) is 41.0 Å². The first-order valence-electron chi connectivity index (χ1n) is 6.69. The van der Waals surface area contributed by atoms with Crippen LogP contribution < -0.4 is 5.56 Å². The third kappa shape index (κ3) is 3.26. The average Bonchev–Trinajstić information content (AvgIpc) is 3.20. The van der Waals surface area contributed by atoms with Crippen molar-refractivity contribution in [1.29, 1.82) is 0 Å². The number of rotatable bonds is 5. The first-order chi connectivity index (χ1) is 9.52. The van der Waals surface area contributed by atoms with Gasteiger partial charge in [0, 0.05) is 11.7 Å². The second-order valence-electron chi connectivity index (χ2n) is 4.85. The topological polar surface area (TPSA) is 79.5 Å². The summed E-state index contributed by atoms with van der Waals surface area (Å²) in [4.78, 5) is 39.8. The summed E-state index contributed by atoms with van der Waals surface area (Å²) in [5, 5.41) is 0. The molecular weight excluding hydrogens is 260 g/mol. The molecule has 1 aromatic rings. The Balaban J connectivity index is 2.18. The number of ether oxygens (including phenoxy) is 1. The number of hydrogen-bond acceptors (Lipinski definition) is 4. The Bertz CT molecular complexity index is 575. The maximum atomic E-state index is 12.4. The number of nitrogens with one attached hydrogen (secondary N) is 1. The van der Waals surface area contributed by atoms with Crippen molar-refractivity contribution in [3.05, 3.63) is 33.7 Å². The van der Waals surface area contributed by atoms with Crippen LogP contribution in [0.4, 0.5) is 0 Å². The van der Waals surface area contributed by atoms with Crippen LogP contribution in [0.15, 0.2) is 16.9 Å². The molecule has 6 heteroatoms. The lowest BCUT2D eigenvalue weighted by atomic mass is 10.2. The quantitative estimate of drug-likeness (QED) is 0.810. The van der Waals surface area contributed by atoms with Crippen molar-refractivity contribution in [2.45, 2.75) is 32.7 Å². The monoisotopic (exact) mass is 278 g/mol. The lowest BCUT2D eigenvalue weighted by Gasteiger charge is -2.21. The fourth-order valence-electron chi connectivity index (χ4n) is 1.99. The third-order valence-corrected chi connectivity index (χ3v) is 3.14. The van der Waals surface area contributed by atoms with E-state index < -0.39 is 17.4 Å². The van der Waals surface area contributed by atoms with Crippen molar-refractivity contribution >= 4 is 11.9 Å². The normalized spacial score (nSPS) is 13.9. The van der Waals surface area contributed by atoms with Crippen LogP contribution in [0, 0.1) is 6.92 Å². The number of hydrogen-bond donors (Lipinski definition) is 1. The molecule has 1 saturated carbocycles. The van der Waals surface area contributed by atoms with E-state index in [0.717, 1.165) is 12.8 Å². The number of amides is 1. The minimum Gasteiger partial charge on any atom is -0.465 e. The van der Waals surface area contributed by atoms with Crippen molar-refractivity contribution in [2.75, 3.05) is 13.2 Å². The molecule has 2 rings (SSSR count). The minimum absolute atomic E-state index is 0.0348. The summed E-state index contributed by atoms with van der Waals surface area (Å²) in [6.07, 6.45) is 1.71. The summed E-state index contributed by atoms with van der Waals surface area (Å²) in [5.41, 5.74) is 0.325. The molecule has 0 unspecified atom stereocenters. The second-order valence-corrected chi connectivity index (χ2v) is 4.85. The predicted octanol–water partition coefficient (Wildman–Crippen LogP) is 0.851. The van der Waals surface area contributed by atoms with Crippen molar-refractivity contribution in [3.8, 4) is 0 Å². The van der Waals surface area contributed by atoms with E-state index in [1.807, 2.05) is 0 Å². The lowest BCUT2D eigenvalue weighted by molar-refractivity contribution is -0.144. The summed E-state index contributed by atoms with van der Waals surface area (Å²) in [7, 11) is 0. The maximum absolute atomic E-state index is 12.4. The van der Waals surface area contributed by atoms with Crippen LogP contribution in [0.2, 0.25) is 0 Å². The van der Waals surface area contributed by atoms with Crippen LogP contribution in [0.25, 0.3) is 0 Å². The number of pyridine rings is 1. The first-order valence-corrected chi connectivity index (χ1v) is 6.69. The van der Waals surface area contributed by atoms with E-state index >= 15 is 0 Å². The van der Waals surface area contributed by atoms with Gasteiger partial charge in [0.15, 0.2) is 0 Å². The van der Waals surface area contributed by atoms with Gasteiger partial charge in [-0.1, -0.05) is 0 Å². The lowest BCUT2D eigenvalue weighted by Crippen LogP contribution is -2.40. The van der Waals surface area contributed by atoms with Gasteiger partial charge in [0.2, 0.25) is 0 Å². The highest BCUT2D eigenvalue weighted by molar-refractivity contribution is 5.96. The van der Waals surface area contributed by atoms with Crippen molar-refractivity contribution in [1.82, 2.24) is 9.88 Å². The molecule has 0 aromatic carbocycles. The van der Waals surface area contributed by atoms with Gasteiger partial charge < -0.3 is 14.6 Å². The number of esters is 1. The highest BCUT2D eigenvalue weighted by Crippen LogP contribution is 2.27. The smallest absolute Gasteiger partial charge is 0.325 e. The maximum Gasteiger partial charge on any atom is 0.325 e. The molecule has 1 aliphatic carbocycles. The summed E-state index contributed by atoms with van der Waals surface area (Å²) in [6, 6.07) is 3.20. The van der Waals surface area contributed by atoms with Gasteiger partial charge in [0.25, 0.3) is 11.5 Å². The SMILES string of the molecule is CCOC(=O)CN(C(=O)c1ccc(C)[nH]c1=O)C1CC1. The van der Waals surface area contributed by atoms with E-state index in [9.17, 15) is 14.4 Å². The third-order valence-electron chi connectivity index (χ3n) is 3.14. The largest absolute Gasteiger partial charge is 0.465 e. The Morgan fingerprint density at radius 1 is 1.40 bits per heavy atom. The van der Waals surface area contributed by atoms with E-state index in [0.29, 0.717) is 5.69 Å². The van der Waals surface area contributed by atoms with E-state index in [2.05, 4.69) is 4.98 Å². The molecule has 0 radical (unpaired) electrons. The van der Waals surface area contributed by atoms with Crippen LogP contribution in [0.1, 0.15) is 35.8 Å². The van der Waals surface area contributed by atoms with Gasteiger partial charge in [-0.25, -0.2) is 0 Å². The van der Waals surface area contributed by atoms with Gasteiger partial charge in [-0.2, -0.15) is 0 Å². The zero-order valence-corrected chi connectivity index (χ0v) is 11.6. The molecule has 0 bridgehead atoms. The molecule has 0 aliphatic heterocycles. The van der Waals surface area contributed by atoms with Gasteiger partial charge >= 0.3 is 5.97 Å². The molecular formula is C14H18N2O4. The summed E-state index contributed by atoms with van der Waals surface area (Å²) >= 11 is 0. The Kier molecular flexibility index (Phi) is 4.22. The summed E-state index contributed by atoms with van der Waals surface area (Å²) < 4.78 is 4.87. The average molecular weight is 278 g/mol. The number of carbonyl (C=O) groups excluding carboxylic acids is 2. The highest BCUT2D eigenvalue weighted by Gasteiger charge is 2.35. The van der Waals surface area contributed by atoms with Gasteiger partial charge in [-0.15, -0.1) is 0 Å². The zero-order chi connectivity index (χ0) is 14.7. The number of nitrogens with zero attached hydrogens (tertiary/aromatic N) is 1. The highest BCUT2D eigenvalue weighted by atomic mass is 16.5. The molecule has 0 atom stereocenters. The number of carbonyl (C=O) groups is 2. The van der Waals surface area contributed by atoms with Gasteiger partial charge in [-0.3, -0.25) is 14.4 Å². The number of aromatic amines is 1. The number of aryl methyl sites for hydroxylation is 1. The molecule has 1 N–H and O–H groups in total. The van der Waals surface area contributed by atoms with Crippen LogP contribution >= 0.6 is 0 Å². The van der Waals surface area contributed by atoms with Crippen LogP contribution in [0.3, 0.4) is 0 Å². The Morgan fingerprint density at radius 2 is 2.10 bits per heavy atom. The summed E-state index contributed by atoms with van der Waals surface area (Å²) in [5.74, 6) is -0.863. The Labute approximate surface area is 116 Å². The standard InChI is InChI=1S/C14H18N2O4/c1-3-20-12(17)8-16(10-5-6-10)14(19)11-7-4-9(2)15-13(11)18/h4,7,10H,3,5-6,8H2,1-2H3,(H,15,18).